The van der Waals surface area contributed by atoms with Gasteiger partial charge in [-0.25, -0.2) is 9.59 Å². The Bertz CT molecular complexity index is 160. The Morgan fingerprint density at radius 1 is 1.25 bits per heavy atom. The molecule has 0 spiro atoms. The van der Waals surface area contributed by atoms with Crippen molar-refractivity contribution in [1.29, 1.82) is 0 Å². The number of carbonyl (C=O) groups is 2. The van der Waals surface area contributed by atoms with E-state index >= 15 is 0 Å². The molecule has 0 unspecified atom stereocenters. The number of rotatable bonds is 1. The molecule has 0 bridgehead atoms. The average Bonchev–Trinajstić information content (AvgIpc) is 2.86. The van der Waals surface area contributed by atoms with E-state index in [-0.39, 0.29) is 0 Å². The van der Waals surface area contributed by atoms with Gasteiger partial charge in [0.25, 0.3) is 0 Å². The van der Waals surface area contributed by atoms with E-state index in [2.05, 4.69) is 19.6 Å². The molecule has 0 radical (unpaired) electrons. The van der Waals surface area contributed by atoms with Gasteiger partial charge in [0, 0.05) is 6.92 Å². The molecule has 1 aliphatic rings. The zero-order chi connectivity index (χ0) is 9.56. The van der Waals surface area contributed by atoms with E-state index < -0.39 is 18.2 Å². The Hall–Kier alpha value is -1.22. The maximum atomic E-state index is 9.85. The second kappa shape index (κ2) is 5.43. The van der Waals surface area contributed by atoms with Crippen LogP contribution in [0.3, 0.4) is 0 Å². The van der Waals surface area contributed by atoms with E-state index in [1.807, 2.05) is 0 Å². The molecule has 1 aliphatic heterocycles. The molecule has 70 valence electrons. The van der Waals surface area contributed by atoms with Gasteiger partial charge >= 0.3 is 18.2 Å². The summed E-state index contributed by atoms with van der Waals surface area (Å²) in [4.78, 5) is 33.3. The van der Waals surface area contributed by atoms with Crippen molar-refractivity contribution in [2.24, 2.45) is 0 Å². The summed E-state index contributed by atoms with van der Waals surface area (Å²) >= 11 is 0. The monoisotopic (exact) mass is 182 g/mol. The molecule has 0 aliphatic carbocycles. The normalized spacial score (nSPS) is 13.9. The van der Waals surface area contributed by atoms with Crippen LogP contribution in [-0.2, 0) is 29.1 Å². The third-order valence-corrected chi connectivity index (χ3v) is 0.603. The summed E-state index contributed by atoms with van der Waals surface area (Å²) in [6.45, 7) is 1.11. The Balaban J connectivity index is 0.000000217. The van der Waals surface area contributed by atoms with Crippen LogP contribution in [-0.4, -0.2) is 28.7 Å². The minimum atomic E-state index is -0.995. The summed E-state index contributed by atoms with van der Waals surface area (Å²) in [5, 5.41) is 14.8. The lowest BCUT2D eigenvalue weighted by Crippen LogP contribution is -2.07. The first kappa shape index (κ1) is 10.8. The number of hydrogen-bond acceptors (Lipinski definition) is 8. The van der Waals surface area contributed by atoms with Crippen molar-refractivity contribution in [3.8, 4) is 0 Å². The second-order valence-electron chi connectivity index (χ2n) is 1.52. The third-order valence-electron chi connectivity index (χ3n) is 0.603. The summed E-state index contributed by atoms with van der Waals surface area (Å²) in [5.41, 5.74) is 0. The molecule has 1 saturated heterocycles. The van der Waals surface area contributed by atoms with Gasteiger partial charge in [0.2, 0.25) is 0 Å². The number of carbonyl (C=O) groups excluding carboxylic acids is 2. The van der Waals surface area contributed by atoms with E-state index in [0.717, 1.165) is 6.92 Å². The van der Waals surface area contributed by atoms with Crippen molar-refractivity contribution in [3.63, 3.8) is 0 Å². The molecule has 0 aromatic carbocycles. The fraction of sp³-hybridized carbons (Fsp3) is 0.500. The van der Waals surface area contributed by atoms with Gasteiger partial charge in [-0.3, -0.25) is 4.89 Å². The summed E-state index contributed by atoms with van der Waals surface area (Å²) in [6, 6.07) is 0. The molecule has 2 N–H and O–H groups in total. The van der Waals surface area contributed by atoms with Gasteiger partial charge in [0.05, 0.1) is 0 Å². The Morgan fingerprint density at radius 2 is 1.67 bits per heavy atom. The SMILES string of the molecule is CC(=O)OO.O=C(OO)C1OO1. The summed E-state index contributed by atoms with van der Waals surface area (Å²) < 4.78 is 0. The van der Waals surface area contributed by atoms with Crippen molar-refractivity contribution in [2.75, 3.05) is 0 Å². The molecule has 1 heterocycles. The Morgan fingerprint density at radius 3 is 1.75 bits per heavy atom. The molecular weight excluding hydrogens is 176 g/mol. The second-order valence-corrected chi connectivity index (χ2v) is 1.52. The van der Waals surface area contributed by atoms with Gasteiger partial charge < -0.3 is 4.89 Å². The third kappa shape index (κ3) is 5.56. The standard InChI is InChI=1S/C2H2O5.C2H4O3/c3-1(5-4)2-6-7-2;1-2(3)5-4/h2,4H;4H,1H3. The van der Waals surface area contributed by atoms with Crippen molar-refractivity contribution in [1.82, 2.24) is 0 Å². The Labute approximate surface area is 66.0 Å². The molecule has 0 aromatic heterocycles. The zero-order valence-corrected chi connectivity index (χ0v) is 5.92. The first-order chi connectivity index (χ1) is 5.61. The molecule has 0 amide bonds. The maximum Gasteiger partial charge on any atom is 0.403 e. The van der Waals surface area contributed by atoms with Crippen LogP contribution in [0.4, 0.5) is 0 Å². The molecule has 0 saturated carbocycles. The lowest BCUT2D eigenvalue weighted by Gasteiger charge is -1.80. The van der Waals surface area contributed by atoms with Crippen molar-refractivity contribution >= 4 is 11.9 Å². The highest BCUT2D eigenvalue weighted by Gasteiger charge is 2.37. The fourth-order valence-corrected chi connectivity index (χ4v) is 0.149. The highest BCUT2D eigenvalue weighted by atomic mass is 17.4. The lowest BCUT2D eigenvalue weighted by molar-refractivity contribution is -0.236. The molecular formula is C4H6O8. The molecule has 12 heavy (non-hydrogen) atoms. The van der Waals surface area contributed by atoms with Crippen molar-refractivity contribution < 1.29 is 39.7 Å². The van der Waals surface area contributed by atoms with Gasteiger partial charge in [-0.2, -0.15) is 20.3 Å². The summed E-state index contributed by atoms with van der Waals surface area (Å²) in [7, 11) is 0. The van der Waals surface area contributed by atoms with Crippen LogP contribution in [0.5, 0.6) is 0 Å². The van der Waals surface area contributed by atoms with E-state index in [4.69, 9.17) is 10.5 Å². The average molecular weight is 182 g/mol. The van der Waals surface area contributed by atoms with Crippen LogP contribution in [0.1, 0.15) is 6.92 Å². The summed E-state index contributed by atoms with van der Waals surface area (Å²) in [5.74, 6) is -1.62. The Kier molecular flexibility index (Phi) is 4.88. The molecule has 8 nitrogen and oxygen atoms in total. The molecule has 1 fully saturated rings. The predicted molar refractivity (Wildman–Crippen MR) is 29.1 cm³/mol. The molecule has 0 atom stereocenters. The van der Waals surface area contributed by atoms with Gasteiger partial charge in [-0.05, 0) is 0 Å². The first-order valence-electron chi connectivity index (χ1n) is 2.61. The molecule has 0 aromatic rings. The van der Waals surface area contributed by atoms with Crippen LogP contribution >= 0.6 is 0 Å². The van der Waals surface area contributed by atoms with Crippen molar-refractivity contribution in [3.05, 3.63) is 0 Å². The quantitative estimate of drug-likeness (QED) is 0.311. The van der Waals surface area contributed by atoms with Gasteiger partial charge in [0.15, 0.2) is 0 Å². The van der Waals surface area contributed by atoms with Crippen LogP contribution < -0.4 is 0 Å². The van der Waals surface area contributed by atoms with E-state index in [1.165, 1.54) is 0 Å². The summed E-state index contributed by atoms with van der Waals surface area (Å²) in [6.07, 6.45) is -0.995. The minimum absolute atomic E-state index is 0.690. The number of hydrogen-bond donors (Lipinski definition) is 2. The van der Waals surface area contributed by atoms with Crippen LogP contribution in [0.15, 0.2) is 0 Å². The van der Waals surface area contributed by atoms with E-state index in [0.29, 0.717) is 0 Å². The van der Waals surface area contributed by atoms with E-state index in [9.17, 15) is 9.59 Å². The van der Waals surface area contributed by atoms with Gasteiger partial charge in [-0.1, -0.05) is 0 Å². The first-order valence-corrected chi connectivity index (χ1v) is 2.61. The smallest absolute Gasteiger partial charge is 0.301 e. The van der Waals surface area contributed by atoms with Crippen molar-refractivity contribution in [2.45, 2.75) is 13.2 Å². The van der Waals surface area contributed by atoms with Crippen LogP contribution in [0, 0.1) is 0 Å². The minimum Gasteiger partial charge on any atom is -0.301 e. The highest BCUT2D eigenvalue weighted by Crippen LogP contribution is 2.11. The van der Waals surface area contributed by atoms with Gasteiger partial charge in [0.1, 0.15) is 0 Å². The zero-order valence-electron chi connectivity index (χ0n) is 5.92. The van der Waals surface area contributed by atoms with Crippen LogP contribution in [0.25, 0.3) is 0 Å². The largest absolute Gasteiger partial charge is 0.403 e. The molecule has 1 rings (SSSR count). The molecule has 8 heteroatoms. The maximum absolute atomic E-state index is 9.85. The highest BCUT2D eigenvalue weighted by molar-refractivity contribution is 5.73. The van der Waals surface area contributed by atoms with Crippen LogP contribution in [0.2, 0.25) is 0 Å². The topological polar surface area (TPSA) is 118 Å². The lowest BCUT2D eigenvalue weighted by atomic mass is 10.7. The van der Waals surface area contributed by atoms with Gasteiger partial charge in [-0.15, -0.1) is 0 Å². The predicted octanol–water partition coefficient (Wildman–Crippen LogP) is -0.687. The van der Waals surface area contributed by atoms with E-state index in [1.54, 1.807) is 0 Å². The fourth-order valence-electron chi connectivity index (χ4n) is 0.149.